The molecule has 144 valence electrons. The van der Waals surface area contributed by atoms with Crippen molar-refractivity contribution in [2.45, 2.75) is 43.5 Å². The summed E-state index contributed by atoms with van der Waals surface area (Å²) in [5.74, 6) is 2.65. The molecule has 0 bridgehead atoms. The van der Waals surface area contributed by atoms with Crippen LogP contribution in [0.1, 0.15) is 32.6 Å². The average Bonchev–Trinajstić information content (AvgIpc) is 2.71. The molecule has 4 heteroatoms. The number of likely N-dealkylation sites (tertiary alicyclic amines) is 1. The molecule has 2 heterocycles. The number of benzene rings is 2. The third kappa shape index (κ3) is 5.28. The van der Waals surface area contributed by atoms with Crippen molar-refractivity contribution in [1.82, 2.24) is 9.21 Å². The Balaban J connectivity index is 1.25. The quantitative estimate of drug-likeness (QED) is 0.618. The fourth-order valence-electron chi connectivity index (χ4n) is 4.20. The van der Waals surface area contributed by atoms with E-state index in [9.17, 15) is 0 Å². The molecular formula is C23H30N2OS. The Morgan fingerprint density at radius 1 is 0.852 bits per heavy atom. The van der Waals surface area contributed by atoms with Crippen LogP contribution in [0.2, 0.25) is 0 Å². The summed E-state index contributed by atoms with van der Waals surface area (Å²) in [4.78, 5) is 4.05. The largest absolute Gasteiger partial charge is 0.457 e. The summed E-state index contributed by atoms with van der Waals surface area (Å²) in [6, 6.07) is 19.2. The van der Waals surface area contributed by atoms with E-state index in [-0.39, 0.29) is 0 Å². The maximum Gasteiger partial charge on any atom is 0.127 e. The third-order valence-corrected chi connectivity index (χ3v) is 6.77. The van der Waals surface area contributed by atoms with Gasteiger partial charge in [0.05, 0.1) is 0 Å². The number of hydrogen-bond acceptors (Lipinski definition) is 4. The van der Waals surface area contributed by atoms with Crippen LogP contribution in [0.15, 0.2) is 59.5 Å². The Kier molecular flexibility index (Phi) is 6.38. The lowest BCUT2D eigenvalue weighted by Crippen LogP contribution is -2.46. The number of ether oxygens (including phenoxy) is 1. The summed E-state index contributed by atoms with van der Waals surface area (Å²) in [7, 11) is 0. The van der Waals surface area contributed by atoms with Gasteiger partial charge in [-0.3, -0.25) is 0 Å². The number of hydrogen-bond donors (Lipinski definition) is 0. The summed E-state index contributed by atoms with van der Waals surface area (Å²) in [6.07, 6.45) is 5.40. The molecule has 0 spiro atoms. The maximum atomic E-state index is 5.88. The molecule has 0 saturated carbocycles. The molecule has 2 aliphatic heterocycles. The highest BCUT2D eigenvalue weighted by atomic mass is 32.2. The first-order chi connectivity index (χ1) is 13.3. The Morgan fingerprint density at radius 3 is 2.26 bits per heavy atom. The number of nitrogens with zero attached hydrogens (tertiary/aromatic N) is 2. The molecule has 2 fully saturated rings. The van der Waals surface area contributed by atoms with E-state index in [2.05, 4.69) is 40.4 Å². The second kappa shape index (κ2) is 9.13. The van der Waals surface area contributed by atoms with Gasteiger partial charge in [0.1, 0.15) is 11.5 Å². The third-order valence-electron chi connectivity index (χ3n) is 5.67. The van der Waals surface area contributed by atoms with Gasteiger partial charge >= 0.3 is 0 Å². The zero-order chi connectivity index (χ0) is 18.5. The van der Waals surface area contributed by atoms with E-state index in [0.717, 1.165) is 23.5 Å². The van der Waals surface area contributed by atoms with Crippen LogP contribution in [-0.4, -0.2) is 41.4 Å². The lowest BCUT2D eigenvalue weighted by atomic mass is 9.96. The summed E-state index contributed by atoms with van der Waals surface area (Å²) in [5, 5.41) is 0. The fourth-order valence-corrected chi connectivity index (χ4v) is 5.15. The van der Waals surface area contributed by atoms with Crippen LogP contribution in [0.3, 0.4) is 0 Å². The molecule has 4 rings (SSSR count). The Bertz CT molecular complexity index is 698. The van der Waals surface area contributed by atoms with Crippen LogP contribution >= 0.6 is 11.9 Å². The van der Waals surface area contributed by atoms with Gasteiger partial charge in [0, 0.05) is 30.6 Å². The predicted molar refractivity (Wildman–Crippen MR) is 113 cm³/mol. The monoisotopic (exact) mass is 382 g/mol. The zero-order valence-electron chi connectivity index (χ0n) is 16.2. The molecule has 2 aromatic carbocycles. The van der Waals surface area contributed by atoms with E-state index >= 15 is 0 Å². The Morgan fingerprint density at radius 2 is 1.56 bits per heavy atom. The van der Waals surface area contributed by atoms with E-state index in [1.54, 1.807) is 0 Å². The van der Waals surface area contributed by atoms with E-state index in [1.807, 2.05) is 42.3 Å². The van der Waals surface area contributed by atoms with Crippen molar-refractivity contribution in [3.8, 4) is 11.5 Å². The van der Waals surface area contributed by atoms with Crippen molar-refractivity contribution in [2.24, 2.45) is 5.92 Å². The minimum absolute atomic E-state index is 0.797. The Hall–Kier alpha value is -1.49. The van der Waals surface area contributed by atoms with Crippen molar-refractivity contribution in [3.63, 3.8) is 0 Å². The number of rotatable bonds is 5. The van der Waals surface area contributed by atoms with Crippen molar-refractivity contribution < 1.29 is 4.74 Å². The molecule has 2 aliphatic rings. The van der Waals surface area contributed by atoms with Crippen LogP contribution in [0.5, 0.6) is 11.5 Å². The van der Waals surface area contributed by atoms with Crippen molar-refractivity contribution in [3.05, 3.63) is 54.6 Å². The maximum absolute atomic E-state index is 5.88. The highest BCUT2D eigenvalue weighted by Crippen LogP contribution is 2.31. The predicted octanol–water partition coefficient (Wildman–Crippen LogP) is 5.68. The van der Waals surface area contributed by atoms with Crippen LogP contribution in [0.25, 0.3) is 0 Å². The van der Waals surface area contributed by atoms with E-state index in [0.29, 0.717) is 0 Å². The van der Waals surface area contributed by atoms with Gasteiger partial charge in [-0.25, -0.2) is 4.31 Å². The summed E-state index contributed by atoms with van der Waals surface area (Å²) < 4.78 is 8.41. The molecule has 0 radical (unpaired) electrons. The molecule has 0 amide bonds. The molecule has 2 aromatic rings. The second-order valence-electron chi connectivity index (χ2n) is 7.88. The zero-order valence-corrected chi connectivity index (χ0v) is 17.0. The smallest absolute Gasteiger partial charge is 0.127 e. The number of piperidine rings is 2. The average molecular weight is 383 g/mol. The van der Waals surface area contributed by atoms with Gasteiger partial charge in [-0.2, -0.15) is 0 Å². The van der Waals surface area contributed by atoms with Crippen LogP contribution in [0, 0.1) is 5.92 Å². The summed E-state index contributed by atoms with van der Waals surface area (Å²) >= 11 is 1.89. The molecule has 1 unspecified atom stereocenters. The lowest BCUT2D eigenvalue weighted by molar-refractivity contribution is 0.0963. The highest BCUT2D eigenvalue weighted by Gasteiger charge is 2.27. The molecule has 0 N–H and O–H groups in total. The molecular weight excluding hydrogens is 352 g/mol. The normalized spacial score (nSPS) is 22.6. The topological polar surface area (TPSA) is 15.7 Å². The SMILES string of the molecule is CC1CCCN(C2CCN(Sc3ccc(Oc4ccccc4)cc3)CC2)C1. The highest BCUT2D eigenvalue weighted by molar-refractivity contribution is 7.97. The van der Waals surface area contributed by atoms with Crippen molar-refractivity contribution in [2.75, 3.05) is 26.2 Å². The lowest BCUT2D eigenvalue weighted by Gasteiger charge is -2.41. The minimum atomic E-state index is 0.797. The van der Waals surface area contributed by atoms with Crippen molar-refractivity contribution in [1.29, 1.82) is 0 Å². The van der Waals surface area contributed by atoms with E-state index in [1.165, 1.54) is 56.8 Å². The van der Waals surface area contributed by atoms with Crippen LogP contribution in [0.4, 0.5) is 0 Å². The molecule has 0 aromatic heterocycles. The second-order valence-corrected chi connectivity index (χ2v) is 9.05. The van der Waals surface area contributed by atoms with Crippen molar-refractivity contribution >= 4 is 11.9 Å². The number of para-hydroxylation sites is 1. The van der Waals surface area contributed by atoms with Gasteiger partial charge in [-0.15, -0.1) is 0 Å². The molecule has 1 atom stereocenters. The van der Waals surface area contributed by atoms with Gasteiger partial charge in [0.25, 0.3) is 0 Å². The Labute approximate surface area is 167 Å². The first kappa shape index (κ1) is 18.9. The first-order valence-electron chi connectivity index (χ1n) is 10.3. The fraction of sp³-hybridized carbons (Fsp3) is 0.478. The van der Waals surface area contributed by atoms with Gasteiger partial charge in [0.15, 0.2) is 0 Å². The molecule has 0 aliphatic carbocycles. The standard InChI is InChI=1S/C23H30N2OS/c1-19-6-5-15-24(18-19)20-13-16-25(17-14-20)27-23-11-9-22(10-12-23)26-21-7-3-2-4-8-21/h2-4,7-12,19-20H,5-6,13-18H2,1H3. The van der Waals surface area contributed by atoms with Crippen LogP contribution < -0.4 is 4.74 Å². The first-order valence-corrected chi connectivity index (χ1v) is 11.0. The van der Waals surface area contributed by atoms with Gasteiger partial charge in [0.2, 0.25) is 0 Å². The summed E-state index contributed by atoms with van der Waals surface area (Å²) in [6.45, 7) is 7.39. The van der Waals surface area contributed by atoms with Gasteiger partial charge in [-0.05, 0) is 86.5 Å². The molecule has 3 nitrogen and oxygen atoms in total. The molecule has 2 saturated heterocycles. The van der Waals surface area contributed by atoms with E-state index in [4.69, 9.17) is 4.74 Å². The summed E-state index contributed by atoms with van der Waals surface area (Å²) in [5.41, 5.74) is 0. The van der Waals surface area contributed by atoms with Gasteiger partial charge < -0.3 is 9.64 Å². The van der Waals surface area contributed by atoms with Gasteiger partial charge in [-0.1, -0.05) is 25.1 Å². The minimum Gasteiger partial charge on any atom is -0.457 e. The van der Waals surface area contributed by atoms with Crippen LogP contribution in [-0.2, 0) is 0 Å². The molecule has 27 heavy (non-hydrogen) atoms. The van der Waals surface area contributed by atoms with E-state index < -0.39 is 0 Å².